The molecule has 2 rings (SSSR count). The van der Waals surface area contributed by atoms with E-state index in [9.17, 15) is 0 Å². The first-order valence-corrected chi connectivity index (χ1v) is 5.88. The van der Waals surface area contributed by atoms with Crippen LogP contribution in [-0.4, -0.2) is 4.98 Å². The fourth-order valence-corrected chi connectivity index (χ4v) is 1.83. The summed E-state index contributed by atoms with van der Waals surface area (Å²) < 4.78 is 0.962. The molecule has 0 N–H and O–H groups in total. The Morgan fingerprint density at radius 2 is 1.94 bits per heavy atom. The van der Waals surface area contributed by atoms with Crippen molar-refractivity contribution in [2.75, 3.05) is 0 Å². The number of aromatic nitrogens is 1. The van der Waals surface area contributed by atoms with E-state index in [1.54, 1.807) is 6.20 Å². The van der Waals surface area contributed by atoms with Crippen molar-refractivity contribution < 1.29 is 0 Å². The third-order valence-corrected chi connectivity index (χ3v) is 2.99. The second-order valence-electron chi connectivity index (χ2n) is 3.41. The van der Waals surface area contributed by atoms with E-state index in [4.69, 9.17) is 5.26 Å². The highest BCUT2D eigenvalue weighted by Gasteiger charge is 2.02. The summed E-state index contributed by atoms with van der Waals surface area (Å²) in [6.45, 7) is 0. The summed E-state index contributed by atoms with van der Waals surface area (Å²) in [5, 5.41) is 9.16. The van der Waals surface area contributed by atoms with E-state index >= 15 is 0 Å². The topological polar surface area (TPSA) is 36.7 Å². The van der Waals surface area contributed by atoms with Crippen molar-refractivity contribution in [3.63, 3.8) is 0 Å². The fourth-order valence-electron chi connectivity index (χ4n) is 1.43. The summed E-state index contributed by atoms with van der Waals surface area (Å²) in [6.07, 6.45) is 3.51. The van der Waals surface area contributed by atoms with Crippen LogP contribution in [0.15, 0.2) is 53.1 Å². The van der Waals surface area contributed by atoms with Gasteiger partial charge in [0, 0.05) is 10.7 Å². The number of nitriles is 1. The normalized spacial score (nSPS) is 10.9. The average molecular weight is 285 g/mol. The predicted octanol–water partition coefficient (Wildman–Crippen LogP) is 3.91. The van der Waals surface area contributed by atoms with Gasteiger partial charge < -0.3 is 0 Å². The molecule has 2 aromatic rings. The number of rotatable bonds is 2. The standard InChI is InChI=1S/C14H9BrN2/c15-13-6-2-1-5-11(13)9-12(10-16)14-7-3-4-8-17-14/h1-9H/b12-9+. The zero-order chi connectivity index (χ0) is 12.1. The van der Waals surface area contributed by atoms with Gasteiger partial charge in [0.05, 0.1) is 11.3 Å². The molecule has 0 fully saturated rings. The molecule has 0 saturated heterocycles. The van der Waals surface area contributed by atoms with Gasteiger partial charge >= 0.3 is 0 Å². The minimum absolute atomic E-state index is 0.553. The van der Waals surface area contributed by atoms with E-state index < -0.39 is 0 Å². The van der Waals surface area contributed by atoms with E-state index in [2.05, 4.69) is 27.0 Å². The Morgan fingerprint density at radius 1 is 1.18 bits per heavy atom. The zero-order valence-corrected chi connectivity index (χ0v) is 10.6. The summed E-state index contributed by atoms with van der Waals surface area (Å²) in [5.74, 6) is 0. The molecule has 0 aliphatic rings. The molecule has 0 radical (unpaired) electrons. The smallest absolute Gasteiger partial charge is 0.101 e. The average Bonchev–Trinajstić information content (AvgIpc) is 2.39. The molecule has 2 nitrogen and oxygen atoms in total. The van der Waals surface area contributed by atoms with Crippen LogP contribution in [0.25, 0.3) is 11.6 Å². The lowest BCUT2D eigenvalue weighted by Crippen LogP contribution is -1.86. The van der Waals surface area contributed by atoms with E-state index in [1.807, 2.05) is 48.5 Å². The first-order valence-electron chi connectivity index (χ1n) is 5.09. The number of nitrogens with zero attached hydrogens (tertiary/aromatic N) is 2. The van der Waals surface area contributed by atoms with Crippen LogP contribution < -0.4 is 0 Å². The van der Waals surface area contributed by atoms with E-state index in [0.717, 1.165) is 10.0 Å². The maximum atomic E-state index is 9.16. The highest BCUT2D eigenvalue weighted by molar-refractivity contribution is 9.10. The highest BCUT2D eigenvalue weighted by Crippen LogP contribution is 2.21. The summed E-state index contributed by atoms with van der Waals surface area (Å²) in [5.41, 5.74) is 2.21. The van der Waals surface area contributed by atoms with Crippen molar-refractivity contribution in [1.29, 1.82) is 5.26 Å². The lowest BCUT2D eigenvalue weighted by atomic mass is 10.1. The molecule has 3 heteroatoms. The van der Waals surface area contributed by atoms with E-state index in [0.29, 0.717) is 11.3 Å². The molecule has 1 heterocycles. The van der Waals surface area contributed by atoms with Crippen LogP contribution in [0.5, 0.6) is 0 Å². The van der Waals surface area contributed by atoms with Crippen LogP contribution in [-0.2, 0) is 0 Å². The number of allylic oxidation sites excluding steroid dienone is 1. The Balaban J connectivity index is 2.45. The fraction of sp³-hybridized carbons (Fsp3) is 0. The lowest BCUT2D eigenvalue weighted by Gasteiger charge is -2.00. The van der Waals surface area contributed by atoms with Crippen molar-refractivity contribution in [1.82, 2.24) is 4.98 Å². The van der Waals surface area contributed by atoms with Gasteiger partial charge in [0.15, 0.2) is 0 Å². The zero-order valence-electron chi connectivity index (χ0n) is 8.97. The number of hydrogen-bond acceptors (Lipinski definition) is 2. The van der Waals surface area contributed by atoms with Crippen LogP contribution in [0.2, 0.25) is 0 Å². The number of pyridine rings is 1. The molecule has 0 bridgehead atoms. The Labute approximate surface area is 108 Å². The van der Waals surface area contributed by atoms with Gasteiger partial charge in [-0.1, -0.05) is 40.2 Å². The Bertz CT molecular complexity index is 583. The molecule has 0 amide bonds. The molecule has 1 aromatic heterocycles. The molecule has 0 saturated carbocycles. The highest BCUT2D eigenvalue weighted by atomic mass is 79.9. The number of hydrogen-bond donors (Lipinski definition) is 0. The maximum Gasteiger partial charge on any atom is 0.101 e. The molecule has 1 aromatic carbocycles. The molecule has 17 heavy (non-hydrogen) atoms. The number of benzene rings is 1. The van der Waals surface area contributed by atoms with Crippen molar-refractivity contribution in [3.05, 3.63) is 64.4 Å². The van der Waals surface area contributed by atoms with Crippen LogP contribution in [0.1, 0.15) is 11.3 Å². The van der Waals surface area contributed by atoms with Crippen molar-refractivity contribution in [2.45, 2.75) is 0 Å². The first-order chi connectivity index (χ1) is 8.31. The molecular formula is C14H9BrN2. The second-order valence-corrected chi connectivity index (χ2v) is 4.26. The second kappa shape index (κ2) is 5.42. The summed E-state index contributed by atoms with van der Waals surface area (Å²) in [7, 11) is 0. The van der Waals surface area contributed by atoms with Gasteiger partial charge in [-0.15, -0.1) is 0 Å². The molecule has 0 atom stereocenters. The monoisotopic (exact) mass is 284 g/mol. The van der Waals surface area contributed by atoms with Gasteiger partial charge in [0.2, 0.25) is 0 Å². The molecule has 0 aliphatic heterocycles. The molecule has 82 valence electrons. The van der Waals surface area contributed by atoms with Gasteiger partial charge in [0.1, 0.15) is 6.07 Å². The van der Waals surface area contributed by atoms with Crippen LogP contribution >= 0.6 is 15.9 Å². The largest absolute Gasteiger partial charge is 0.256 e. The molecular weight excluding hydrogens is 276 g/mol. The van der Waals surface area contributed by atoms with Gasteiger partial charge in [-0.05, 0) is 29.8 Å². The summed E-state index contributed by atoms with van der Waals surface area (Å²) in [4.78, 5) is 4.17. The minimum atomic E-state index is 0.553. The van der Waals surface area contributed by atoms with Crippen LogP contribution in [0, 0.1) is 11.3 Å². The Kier molecular flexibility index (Phi) is 3.69. The Hall–Kier alpha value is -1.92. The Morgan fingerprint density at radius 3 is 2.59 bits per heavy atom. The lowest BCUT2D eigenvalue weighted by molar-refractivity contribution is 1.28. The quantitative estimate of drug-likeness (QED) is 0.784. The SMILES string of the molecule is N#C/C(=C\c1ccccc1Br)c1ccccn1. The van der Waals surface area contributed by atoms with Crippen molar-refractivity contribution in [2.24, 2.45) is 0 Å². The van der Waals surface area contributed by atoms with Crippen LogP contribution in [0.4, 0.5) is 0 Å². The summed E-state index contributed by atoms with van der Waals surface area (Å²) >= 11 is 3.45. The number of halogens is 1. The summed E-state index contributed by atoms with van der Waals surface area (Å²) in [6, 6.07) is 15.5. The van der Waals surface area contributed by atoms with Gasteiger partial charge in [-0.25, -0.2) is 0 Å². The predicted molar refractivity (Wildman–Crippen MR) is 71.9 cm³/mol. The third-order valence-electron chi connectivity index (χ3n) is 2.27. The van der Waals surface area contributed by atoms with Gasteiger partial charge in [0.25, 0.3) is 0 Å². The van der Waals surface area contributed by atoms with Gasteiger partial charge in [-0.2, -0.15) is 5.26 Å². The third kappa shape index (κ3) is 2.80. The van der Waals surface area contributed by atoms with Crippen molar-refractivity contribution >= 4 is 27.6 Å². The van der Waals surface area contributed by atoms with Crippen LogP contribution in [0.3, 0.4) is 0 Å². The van der Waals surface area contributed by atoms with E-state index in [-0.39, 0.29) is 0 Å². The first kappa shape index (κ1) is 11.6. The van der Waals surface area contributed by atoms with Crippen molar-refractivity contribution in [3.8, 4) is 6.07 Å². The van der Waals surface area contributed by atoms with E-state index in [1.165, 1.54) is 0 Å². The maximum absolute atomic E-state index is 9.16. The molecule has 0 unspecified atom stereocenters. The van der Waals surface area contributed by atoms with Gasteiger partial charge in [-0.3, -0.25) is 4.98 Å². The molecule has 0 aliphatic carbocycles. The molecule has 0 spiro atoms. The minimum Gasteiger partial charge on any atom is -0.256 e.